The molecule has 3 aromatic rings. The van der Waals surface area contributed by atoms with Gasteiger partial charge in [-0.3, -0.25) is 14.4 Å². The predicted molar refractivity (Wildman–Crippen MR) is 124 cm³/mol. The van der Waals surface area contributed by atoms with Crippen molar-refractivity contribution in [1.29, 1.82) is 0 Å². The van der Waals surface area contributed by atoms with Gasteiger partial charge in [0.05, 0.1) is 16.6 Å². The molecule has 0 saturated carbocycles. The van der Waals surface area contributed by atoms with Crippen molar-refractivity contribution in [2.75, 3.05) is 29.9 Å². The number of fused-ring (bicyclic) bond motifs is 1. The quantitative estimate of drug-likeness (QED) is 0.679. The average molecular weight is 437 g/mol. The average Bonchev–Trinajstić information content (AvgIpc) is 2.79. The normalized spacial score (nSPS) is 13.9. The van der Waals surface area contributed by atoms with Gasteiger partial charge < -0.3 is 14.8 Å². The van der Waals surface area contributed by atoms with Gasteiger partial charge in [0.2, 0.25) is 5.43 Å². The maximum atomic E-state index is 13.1. The first kappa shape index (κ1) is 21.1. The van der Waals surface area contributed by atoms with Gasteiger partial charge >= 0.3 is 0 Å². The van der Waals surface area contributed by atoms with Crippen molar-refractivity contribution >= 4 is 40.3 Å². The Bertz CT molecular complexity index is 1220. The number of anilines is 1. The standard InChI is InChI=1S/C23H24N4O3S/c1-3-26-14-18(20(28)17-9-8-15(2)24-21(17)26)22(29)25-19-7-5-4-6-16(19)23(30)27-10-12-31-13-11-27/h4-9,14H,3,10-13H2,1-2H3,(H,25,29). The second kappa shape index (κ2) is 8.93. The number of hydrogen-bond donors (Lipinski definition) is 1. The molecule has 0 spiro atoms. The van der Waals surface area contributed by atoms with Crippen molar-refractivity contribution in [1.82, 2.24) is 14.5 Å². The molecule has 1 aliphatic rings. The lowest BCUT2D eigenvalue weighted by Gasteiger charge is -2.27. The molecule has 0 bridgehead atoms. The van der Waals surface area contributed by atoms with E-state index in [1.165, 1.54) is 0 Å². The lowest BCUT2D eigenvalue weighted by Crippen LogP contribution is -2.38. The van der Waals surface area contributed by atoms with E-state index in [2.05, 4.69) is 10.3 Å². The molecule has 8 heteroatoms. The van der Waals surface area contributed by atoms with E-state index in [1.807, 2.05) is 25.6 Å². The van der Waals surface area contributed by atoms with E-state index < -0.39 is 5.91 Å². The first-order valence-corrected chi connectivity index (χ1v) is 11.4. The van der Waals surface area contributed by atoms with Crippen LogP contribution in [0.1, 0.15) is 33.3 Å². The third-order valence-corrected chi connectivity index (χ3v) is 6.29. The van der Waals surface area contributed by atoms with Crippen LogP contribution in [0.15, 0.2) is 47.4 Å². The van der Waals surface area contributed by atoms with Crippen LogP contribution in [0.25, 0.3) is 11.0 Å². The van der Waals surface area contributed by atoms with Crippen molar-refractivity contribution in [2.45, 2.75) is 20.4 Å². The molecule has 0 radical (unpaired) electrons. The Hall–Kier alpha value is -3.13. The zero-order chi connectivity index (χ0) is 22.0. The van der Waals surface area contributed by atoms with Crippen molar-refractivity contribution in [3.05, 3.63) is 69.6 Å². The number of carbonyl (C=O) groups excluding carboxylic acids is 2. The van der Waals surface area contributed by atoms with Gasteiger partial charge in [-0.25, -0.2) is 4.98 Å². The minimum atomic E-state index is -0.538. The van der Waals surface area contributed by atoms with Gasteiger partial charge in [-0.05, 0) is 38.1 Å². The second-order valence-electron chi connectivity index (χ2n) is 7.39. The number of nitrogens with zero attached hydrogens (tertiary/aromatic N) is 3. The molecule has 4 rings (SSSR count). The molecule has 1 aromatic carbocycles. The Morgan fingerprint density at radius 1 is 1.10 bits per heavy atom. The maximum absolute atomic E-state index is 13.1. The molecule has 2 aromatic heterocycles. The number of aryl methyl sites for hydroxylation is 2. The molecule has 1 aliphatic heterocycles. The van der Waals surface area contributed by atoms with Crippen LogP contribution < -0.4 is 10.7 Å². The minimum absolute atomic E-state index is 0.0247. The summed E-state index contributed by atoms with van der Waals surface area (Å²) in [6.45, 7) is 5.73. The Balaban J connectivity index is 1.69. The largest absolute Gasteiger partial charge is 0.337 e. The first-order chi connectivity index (χ1) is 15.0. The van der Waals surface area contributed by atoms with Crippen molar-refractivity contribution < 1.29 is 9.59 Å². The van der Waals surface area contributed by atoms with Crippen LogP contribution >= 0.6 is 11.8 Å². The van der Waals surface area contributed by atoms with E-state index in [-0.39, 0.29) is 16.9 Å². The van der Waals surface area contributed by atoms with Crippen molar-refractivity contribution in [3.8, 4) is 0 Å². The third kappa shape index (κ3) is 4.20. The Labute approximate surface area is 184 Å². The molecule has 2 amide bonds. The van der Waals surface area contributed by atoms with E-state index in [1.54, 1.807) is 52.1 Å². The highest BCUT2D eigenvalue weighted by molar-refractivity contribution is 7.99. The summed E-state index contributed by atoms with van der Waals surface area (Å²) < 4.78 is 1.79. The Kier molecular flexibility index (Phi) is 6.08. The van der Waals surface area contributed by atoms with Crippen LogP contribution in [0.2, 0.25) is 0 Å². The van der Waals surface area contributed by atoms with E-state index in [0.717, 1.165) is 17.2 Å². The predicted octanol–water partition coefficient (Wildman–Crippen LogP) is 3.17. The highest BCUT2D eigenvalue weighted by Crippen LogP contribution is 2.21. The van der Waals surface area contributed by atoms with Crippen LogP contribution in [0.4, 0.5) is 5.69 Å². The van der Waals surface area contributed by atoms with Gasteiger partial charge in [-0.15, -0.1) is 0 Å². The summed E-state index contributed by atoms with van der Waals surface area (Å²) in [6, 6.07) is 10.4. The fourth-order valence-corrected chi connectivity index (χ4v) is 4.57. The lowest BCUT2D eigenvalue weighted by atomic mass is 10.1. The lowest BCUT2D eigenvalue weighted by molar-refractivity contribution is 0.0773. The summed E-state index contributed by atoms with van der Waals surface area (Å²) in [6.07, 6.45) is 1.54. The highest BCUT2D eigenvalue weighted by atomic mass is 32.2. The summed E-state index contributed by atoms with van der Waals surface area (Å²) in [5.74, 6) is 1.16. The fourth-order valence-electron chi connectivity index (χ4n) is 3.67. The number of para-hydroxylation sites is 1. The smallest absolute Gasteiger partial charge is 0.261 e. The van der Waals surface area contributed by atoms with E-state index in [9.17, 15) is 14.4 Å². The number of amides is 2. The second-order valence-corrected chi connectivity index (χ2v) is 8.61. The Morgan fingerprint density at radius 2 is 1.84 bits per heavy atom. The van der Waals surface area contributed by atoms with Crippen molar-refractivity contribution in [3.63, 3.8) is 0 Å². The molecule has 0 atom stereocenters. The summed E-state index contributed by atoms with van der Waals surface area (Å²) in [4.78, 5) is 45.4. The van der Waals surface area contributed by atoms with Crippen LogP contribution in [0.5, 0.6) is 0 Å². The molecule has 160 valence electrons. The fraction of sp³-hybridized carbons (Fsp3) is 0.304. The number of pyridine rings is 2. The molecular weight excluding hydrogens is 412 g/mol. The first-order valence-electron chi connectivity index (χ1n) is 10.3. The number of rotatable bonds is 4. The molecule has 31 heavy (non-hydrogen) atoms. The number of thioether (sulfide) groups is 1. The highest BCUT2D eigenvalue weighted by Gasteiger charge is 2.23. The molecule has 1 saturated heterocycles. The zero-order valence-electron chi connectivity index (χ0n) is 17.6. The van der Waals surface area contributed by atoms with E-state index >= 15 is 0 Å². The summed E-state index contributed by atoms with van der Waals surface area (Å²) in [5, 5.41) is 3.19. The molecule has 0 unspecified atom stereocenters. The van der Waals surface area contributed by atoms with Gasteiger partial charge in [0.25, 0.3) is 11.8 Å². The number of carbonyl (C=O) groups is 2. The number of nitrogens with one attached hydrogen (secondary N) is 1. The third-order valence-electron chi connectivity index (χ3n) is 5.35. The van der Waals surface area contributed by atoms with Crippen LogP contribution in [0, 0.1) is 6.92 Å². The van der Waals surface area contributed by atoms with Crippen LogP contribution in [0.3, 0.4) is 0 Å². The number of hydrogen-bond acceptors (Lipinski definition) is 5. The van der Waals surface area contributed by atoms with Gasteiger partial charge in [0.1, 0.15) is 11.2 Å². The molecule has 7 nitrogen and oxygen atoms in total. The maximum Gasteiger partial charge on any atom is 0.261 e. The molecular formula is C23H24N4O3S. The Morgan fingerprint density at radius 3 is 2.58 bits per heavy atom. The minimum Gasteiger partial charge on any atom is -0.337 e. The number of aromatic nitrogens is 2. The molecule has 3 heterocycles. The summed E-state index contributed by atoms with van der Waals surface area (Å²) in [7, 11) is 0. The van der Waals surface area contributed by atoms with Gasteiger partial charge in [-0.1, -0.05) is 12.1 Å². The van der Waals surface area contributed by atoms with Crippen LogP contribution in [-0.2, 0) is 6.54 Å². The van der Waals surface area contributed by atoms with E-state index in [4.69, 9.17) is 0 Å². The van der Waals surface area contributed by atoms with Gasteiger partial charge in [-0.2, -0.15) is 11.8 Å². The van der Waals surface area contributed by atoms with Gasteiger partial charge in [0, 0.05) is 43.0 Å². The van der Waals surface area contributed by atoms with E-state index in [0.29, 0.717) is 41.9 Å². The molecule has 1 fully saturated rings. The number of benzene rings is 1. The van der Waals surface area contributed by atoms with Crippen LogP contribution in [-0.4, -0.2) is 50.9 Å². The molecule has 0 aliphatic carbocycles. The summed E-state index contributed by atoms with van der Waals surface area (Å²) >= 11 is 1.82. The monoisotopic (exact) mass is 436 g/mol. The SMILES string of the molecule is CCn1cc(C(=O)Nc2ccccc2C(=O)N2CCSCC2)c(=O)c2ccc(C)nc21. The zero-order valence-corrected chi connectivity index (χ0v) is 18.4. The summed E-state index contributed by atoms with van der Waals surface area (Å²) in [5.41, 5.74) is 1.84. The molecule has 1 N–H and O–H groups in total. The van der Waals surface area contributed by atoms with Crippen molar-refractivity contribution in [2.24, 2.45) is 0 Å². The van der Waals surface area contributed by atoms with Gasteiger partial charge in [0.15, 0.2) is 0 Å². The topological polar surface area (TPSA) is 84.3 Å².